The summed E-state index contributed by atoms with van der Waals surface area (Å²) in [5, 5.41) is 7.93. The number of nitrogens with two attached hydrogens (primary N) is 1. The summed E-state index contributed by atoms with van der Waals surface area (Å²) in [6.45, 7) is 7.92. The molecule has 2 rings (SSSR count). The van der Waals surface area contributed by atoms with Gasteiger partial charge in [-0.3, -0.25) is 0 Å². The van der Waals surface area contributed by atoms with Gasteiger partial charge in [-0.2, -0.15) is 0 Å². The average molecular weight is 314 g/mol. The molecule has 0 unspecified atom stereocenters. The molecular weight excluding hydrogens is 288 g/mol. The lowest BCUT2D eigenvalue weighted by atomic mass is 10.0. The lowest BCUT2D eigenvalue weighted by molar-refractivity contribution is 1.12. The van der Waals surface area contributed by atoms with Gasteiger partial charge in [0.15, 0.2) is 0 Å². The van der Waals surface area contributed by atoms with Crippen LogP contribution in [0.5, 0.6) is 0 Å². The molecule has 0 fully saturated rings. The van der Waals surface area contributed by atoms with Crippen molar-refractivity contribution in [2.75, 3.05) is 5.73 Å². The summed E-state index contributed by atoms with van der Waals surface area (Å²) in [6.07, 6.45) is 0.959. The monoisotopic (exact) mass is 314 g/mol. The lowest BCUT2D eigenvalue weighted by Crippen LogP contribution is -2.03. The lowest BCUT2D eigenvalue weighted by Gasteiger charge is -2.13. The van der Waals surface area contributed by atoms with E-state index in [0.717, 1.165) is 22.6 Å². The SMILES string of the molecule is CC.CCc1cc(N)c(C(C)=N)c(SCc2ccccc2)c1. The van der Waals surface area contributed by atoms with Crippen molar-refractivity contribution < 1.29 is 0 Å². The third-order valence-corrected chi connectivity index (χ3v) is 4.32. The molecule has 3 N–H and O–H groups in total. The first-order chi connectivity index (χ1) is 10.6. The van der Waals surface area contributed by atoms with E-state index in [9.17, 15) is 0 Å². The maximum atomic E-state index is 7.93. The fourth-order valence-electron chi connectivity index (χ4n) is 2.15. The Morgan fingerprint density at radius 3 is 2.27 bits per heavy atom. The minimum absolute atomic E-state index is 0.528. The van der Waals surface area contributed by atoms with Crippen LogP contribution in [0.15, 0.2) is 47.4 Å². The molecule has 22 heavy (non-hydrogen) atoms. The topological polar surface area (TPSA) is 49.9 Å². The third-order valence-electron chi connectivity index (χ3n) is 3.21. The smallest absolute Gasteiger partial charge is 0.0419 e. The number of rotatable bonds is 5. The number of hydrogen-bond acceptors (Lipinski definition) is 3. The molecule has 0 aliphatic heterocycles. The predicted molar refractivity (Wildman–Crippen MR) is 100 cm³/mol. The van der Waals surface area contributed by atoms with Crippen LogP contribution >= 0.6 is 11.8 Å². The van der Waals surface area contributed by atoms with Crippen molar-refractivity contribution >= 4 is 23.2 Å². The van der Waals surface area contributed by atoms with Crippen molar-refractivity contribution in [2.24, 2.45) is 0 Å². The maximum absolute atomic E-state index is 7.93. The van der Waals surface area contributed by atoms with Crippen molar-refractivity contribution in [3.8, 4) is 0 Å². The molecule has 0 saturated carbocycles. The van der Waals surface area contributed by atoms with E-state index in [4.69, 9.17) is 11.1 Å². The van der Waals surface area contributed by atoms with E-state index in [1.807, 2.05) is 26.0 Å². The van der Waals surface area contributed by atoms with Gasteiger partial charge in [-0.25, -0.2) is 0 Å². The highest BCUT2D eigenvalue weighted by atomic mass is 32.2. The Bertz CT molecular complexity index is 606. The van der Waals surface area contributed by atoms with Gasteiger partial charge in [-0.1, -0.05) is 51.1 Å². The molecule has 0 atom stereocenters. The molecule has 0 spiro atoms. The fourth-order valence-corrected chi connectivity index (χ4v) is 3.32. The van der Waals surface area contributed by atoms with E-state index < -0.39 is 0 Å². The second kappa shape index (κ2) is 9.31. The predicted octanol–water partition coefficient (Wildman–Crippen LogP) is 5.54. The average Bonchev–Trinajstić information content (AvgIpc) is 2.54. The molecule has 2 aromatic rings. The zero-order valence-electron chi connectivity index (χ0n) is 13.9. The van der Waals surface area contributed by atoms with Crippen LogP contribution < -0.4 is 5.73 Å². The molecule has 0 aliphatic carbocycles. The number of hydrogen-bond donors (Lipinski definition) is 2. The van der Waals surface area contributed by atoms with Gasteiger partial charge in [0.25, 0.3) is 0 Å². The van der Waals surface area contributed by atoms with Crippen molar-refractivity contribution in [1.82, 2.24) is 0 Å². The summed E-state index contributed by atoms with van der Waals surface area (Å²) >= 11 is 1.75. The number of thioether (sulfide) groups is 1. The van der Waals surface area contributed by atoms with Gasteiger partial charge in [-0.15, -0.1) is 11.8 Å². The molecule has 118 valence electrons. The van der Waals surface area contributed by atoms with Crippen LogP contribution in [0.1, 0.15) is 44.4 Å². The highest BCUT2D eigenvalue weighted by Crippen LogP contribution is 2.31. The molecule has 0 saturated heterocycles. The summed E-state index contributed by atoms with van der Waals surface area (Å²) in [5.74, 6) is 0.897. The van der Waals surface area contributed by atoms with Gasteiger partial charge in [0.05, 0.1) is 0 Å². The minimum Gasteiger partial charge on any atom is -0.398 e. The summed E-state index contributed by atoms with van der Waals surface area (Å²) < 4.78 is 0. The number of anilines is 1. The Morgan fingerprint density at radius 2 is 1.73 bits per heavy atom. The summed E-state index contributed by atoms with van der Waals surface area (Å²) in [5.41, 5.74) is 10.7. The number of nitrogens with one attached hydrogen (secondary N) is 1. The fraction of sp³-hybridized carbons (Fsp3) is 0.316. The zero-order chi connectivity index (χ0) is 16.5. The second-order valence-corrected chi connectivity index (χ2v) is 5.83. The molecule has 2 nitrogen and oxygen atoms in total. The first-order valence-corrected chi connectivity index (χ1v) is 8.75. The Labute approximate surface area is 138 Å². The first kappa shape index (κ1) is 18.3. The molecule has 0 heterocycles. The van der Waals surface area contributed by atoms with Gasteiger partial charge in [0, 0.05) is 27.6 Å². The van der Waals surface area contributed by atoms with E-state index in [1.165, 1.54) is 11.1 Å². The summed E-state index contributed by atoms with van der Waals surface area (Å²) in [7, 11) is 0. The highest BCUT2D eigenvalue weighted by molar-refractivity contribution is 7.98. The molecular formula is C19H26N2S. The largest absolute Gasteiger partial charge is 0.398 e. The number of aryl methyl sites for hydroxylation is 1. The van der Waals surface area contributed by atoms with Crippen LogP contribution in [0.2, 0.25) is 0 Å². The summed E-state index contributed by atoms with van der Waals surface area (Å²) in [6, 6.07) is 14.5. The summed E-state index contributed by atoms with van der Waals surface area (Å²) in [4.78, 5) is 1.11. The van der Waals surface area contributed by atoms with Crippen molar-refractivity contribution in [1.29, 1.82) is 5.41 Å². The molecule has 0 bridgehead atoms. The van der Waals surface area contributed by atoms with E-state index in [1.54, 1.807) is 18.7 Å². The van der Waals surface area contributed by atoms with E-state index in [0.29, 0.717) is 11.4 Å². The van der Waals surface area contributed by atoms with Crippen LogP contribution in [0, 0.1) is 5.41 Å². The molecule has 0 amide bonds. The van der Waals surface area contributed by atoms with Crippen LogP contribution in [0.4, 0.5) is 5.69 Å². The second-order valence-electron chi connectivity index (χ2n) is 4.81. The number of benzene rings is 2. The highest BCUT2D eigenvalue weighted by Gasteiger charge is 2.11. The third kappa shape index (κ3) is 4.92. The van der Waals surface area contributed by atoms with Gasteiger partial charge in [0.2, 0.25) is 0 Å². The van der Waals surface area contributed by atoms with Crippen LogP contribution in [0.3, 0.4) is 0 Å². The maximum Gasteiger partial charge on any atom is 0.0419 e. The van der Waals surface area contributed by atoms with Crippen molar-refractivity contribution in [3.05, 3.63) is 59.2 Å². The van der Waals surface area contributed by atoms with Crippen LogP contribution in [-0.4, -0.2) is 5.71 Å². The van der Waals surface area contributed by atoms with Gasteiger partial charge in [-0.05, 0) is 36.6 Å². The molecule has 3 heteroatoms. The van der Waals surface area contributed by atoms with E-state index >= 15 is 0 Å². The normalized spacial score (nSPS) is 9.82. The van der Waals surface area contributed by atoms with E-state index in [-0.39, 0.29) is 0 Å². The molecule has 0 radical (unpaired) electrons. The van der Waals surface area contributed by atoms with Crippen molar-refractivity contribution in [2.45, 2.75) is 44.8 Å². The Hall–Kier alpha value is -1.74. The standard InChI is InChI=1S/C17H20N2S.C2H6/c1-3-13-9-15(19)17(12(2)18)16(10-13)20-11-14-7-5-4-6-8-14;1-2/h4-10,18H,3,11,19H2,1-2H3;1-2H3. The molecule has 2 aromatic carbocycles. The van der Waals surface area contributed by atoms with Gasteiger partial charge in [0.1, 0.15) is 0 Å². The Morgan fingerprint density at radius 1 is 1.09 bits per heavy atom. The molecule has 0 aromatic heterocycles. The van der Waals surface area contributed by atoms with Crippen LogP contribution in [0.25, 0.3) is 0 Å². The molecule has 0 aliphatic rings. The van der Waals surface area contributed by atoms with Gasteiger partial charge >= 0.3 is 0 Å². The van der Waals surface area contributed by atoms with Crippen LogP contribution in [-0.2, 0) is 12.2 Å². The number of nitrogen functional groups attached to an aromatic ring is 1. The zero-order valence-corrected chi connectivity index (χ0v) is 14.8. The minimum atomic E-state index is 0.528. The Balaban J connectivity index is 0.00000116. The Kier molecular flexibility index (Phi) is 7.75. The van der Waals surface area contributed by atoms with Crippen molar-refractivity contribution in [3.63, 3.8) is 0 Å². The first-order valence-electron chi connectivity index (χ1n) is 7.76. The van der Waals surface area contributed by atoms with Gasteiger partial charge < -0.3 is 11.1 Å². The quantitative estimate of drug-likeness (QED) is 0.432. The van der Waals surface area contributed by atoms with E-state index in [2.05, 4.69) is 37.3 Å².